The highest BCUT2D eigenvalue weighted by molar-refractivity contribution is 5.98. The van der Waals surface area contributed by atoms with E-state index in [1.165, 1.54) is 11.1 Å². The minimum Gasteiger partial charge on any atom is -0.391 e. The van der Waals surface area contributed by atoms with Crippen LogP contribution in [0.3, 0.4) is 0 Å². The molecular formula is C28H29ClN6O2. The largest absolute Gasteiger partial charge is 0.391 e. The molecule has 190 valence electrons. The van der Waals surface area contributed by atoms with Crippen LogP contribution < -0.4 is 5.73 Å². The zero-order valence-corrected chi connectivity index (χ0v) is 21.3. The normalized spacial score (nSPS) is 15.3. The Morgan fingerprint density at radius 1 is 1.03 bits per heavy atom. The molecule has 0 spiro atoms. The predicted octanol–water partition coefficient (Wildman–Crippen LogP) is 5.45. The van der Waals surface area contributed by atoms with Gasteiger partial charge in [-0.1, -0.05) is 89.2 Å². The molecule has 8 nitrogen and oxygen atoms in total. The van der Waals surface area contributed by atoms with Gasteiger partial charge in [0, 0.05) is 18.7 Å². The quantitative estimate of drug-likeness (QED) is 0.192. The van der Waals surface area contributed by atoms with Crippen molar-refractivity contribution in [3.8, 4) is 22.5 Å². The Bertz CT molecular complexity index is 1350. The van der Waals surface area contributed by atoms with Crippen LogP contribution in [0.25, 0.3) is 22.5 Å². The van der Waals surface area contributed by atoms with Gasteiger partial charge in [-0.15, -0.1) is 12.4 Å². The predicted molar refractivity (Wildman–Crippen MR) is 147 cm³/mol. The van der Waals surface area contributed by atoms with Gasteiger partial charge in [-0.05, 0) is 35.6 Å². The number of oxime groups is 1. The Morgan fingerprint density at radius 2 is 1.70 bits per heavy atom. The van der Waals surface area contributed by atoms with E-state index in [0.29, 0.717) is 24.9 Å². The number of halogens is 1. The van der Waals surface area contributed by atoms with Crippen molar-refractivity contribution in [2.24, 2.45) is 10.9 Å². The monoisotopic (exact) mass is 516 g/mol. The molecule has 37 heavy (non-hydrogen) atoms. The van der Waals surface area contributed by atoms with Crippen molar-refractivity contribution in [2.75, 3.05) is 13.1 Å². The van der Waals surface area contributed by atoms with Gasteiger partial charge in [0.1, 0.15) is 6.61 Å². The zero-order valence-electron chi connectivity index (χ0n) is 20.5. The molecule has 1 fully saturated rings. The van der Waals surface area contributed by atoms with Crippen LogP contribution in [0.5, 0.6) is 0 Å². The summed E-state index contributed by atoms with van der Waals surface area (Å²) in [5.41, 5.74) is 11.6. The van der Waals surface area contributed by atoms with Crippen molar-refractivity contribution in [2.45, 2.75) is 25.9 Å². The van der Waals surface area contributed by atoms with Crippen molar-refractivity contribution < 1.29 is 9.36 Å². The van der Waals surface area contributed by atoms with Gasteiger partial charge in [0.15, 0.2) is 5.96 Å². The maximum atomic E-state index is 7.58. The number of nitrogens with zero attached hydrogens (tertiary/aromatic N) is 4. The summed E-state index contributed by atoms with van der Waals surface area (Å²) in [6.07, 6.45) is 0.840. The van der Waals surface area contributed by atoms with Crippen molar-refractivity contribution >= 4 is 24.1 Å². The zero-order chi connectivity index (χ0) is 24.9. The molecule has 0 saturated carbocycles. The molecule has 9 heteroatoms. The fraction of sp³-hybridized carbons (Fsp3) is 0.214. The van der Waals surface area contributed by atoms with Gasteiger partial charge in [0.25, 0.3) is 0 Å². The molecule has 1 aliphatic rings. The molecule has 0 bridgehead atoms. The standard InChI is InChI=1S/C28H28N6O2.ClH/c1-19(32-35-18-20-7-9-23(10-8-20)22-5-3-2-4-6-22)21-11-13-24(14-12-21)26-31-27(36-33-26)25-15-16-34(17-25)28(29)30;/h2-14,25H,15-18H2,1H3,(H3,29,30);1H/t25-;/m1./s1. The van der Waals surface area contributed by atoms with Crippen LogP contribution in [-0.4, -0.2) is 39.8 Å². The summed E-state index contributed by atoms with van der Waals surface area (Å²) >= 11 is 0. The molecule has 1 aromatic heterocycles. The molecular weight excluding hydrogens is 488 g/mol. The van der Waals surface area contributed by atoms with E-state index in [-0.39, 0.29) is 24.3 Å². The van der Waals surface area contributed by atoms with Gasteiger partial charge < -0.3 is 20.0 Å². The Balaban J connectivity index is 0.00000320. The Labute approximate surface area is 222 Å². The Kier molecular flexibility index (Phi) is 8.20. The van der Waals surface area contributed by atoms with E-state index in [1.807, 2.05) is 54.3 Å². The number of hydrogen-bond donors (Lipinski definition) is 2. The number of likely N-dealkylation sites (tertiary alicyclic amines) is 1. The lowest BCUT2D eigenvalue weighted by molar-refractivity contribution is 0.130. The highest BCUT2D eigenvalue weighted by Crippen LogP contribution is 2.27. The van der Waals surface area contributed by atoms with Crippen LogP contribution in [0, 0.1) is 5.41 Å². The second-order valence-corrected chi connectivity index (χ2v) is 8.86. The number of rotatable bonds is 7. The van der Waals surface area contributed by atoms with Gasteiger partial charge in [0.05, 0.1) is 11.6 Å². The molecule has 3 N–H and O–H groups in total. The summed E-state index contributed by atoms with van der Waals surface area (Å²) < 4.78 is 5.49. The lowest BCUT2D eigenvalue weighted by atomic mass is 10.0. The van der Waals surface area contributed by atoms with Gasteiger partial charge >= 0.3 is 0 Å². The van der Waals surface area contributed by atoms with Crippen LogP contribution in [0.1, 0.15) is 36.3 Å². The van der Waals surface area contributed by atoms with Crippen LogP contribution >= 0.6 is 12.4 Å². The lowest BCUT2D eigenvalue weighted by Crippen LogP contribution is -2.34. The number of aromatic nitrogens is 2. The summed E-state index contributed by atoms with van der Waals surface area (Å²) in [6.45, 7) is 3.67. The summed E-state index contributed by atoms with van der Waals surface area (Å²) in [6, 6.07) is 26.4. The lowest BCUT2D eigenvalue weighted by Gasteiger charge is -2.14. The van der Waals surface area contributed by atoms with Gasteiger partial charge in [0.2, 0.25) is 11.7 Å². The summed E-state index contributed by atoms with van der Waals surface area (Å²) in [5, 5.41) is 16.0. The average Bonchev–Trinajstić information content (AvgIpc) is 3.60. The maximum absolute atomic E-state index is 7.58. The average molecular weight is 517 g/mol. The second kappa shape index (κ2) is 11.7. The second-order valence-electron chi connectivity index (χ2n) is 8.86. The van der Waals surface area contributed by atoms with Crippen LogP contribution in [0.2, 0.25) is 0 Å². The molecule has 0 radical (unpaired) electrons. The highest BCUT2D eigenvalue weighted by Gasteiger charge is 2.29. The molecule has 0 unspecified atom stereocenters. The fourth-order valence-corrected chi connectivity index (χ4v) is 4.24. The van der Waals surface area contributed by atoms with Crippen LogP contribution in [0.15, 0.2) is 88.5 Å². The van der Waals surface area contributed by atoms with E-state index in [0.717, 1.165) is 35.4 Å². The topological polar surface area (TPSA) is 114 Å². The third-order valence-corrected chi connectivity index (χ3v) is 6.37. The fourth-order valence-electron chi connectivity index (χ4n) is 4.24. The maximum Gasteiger partial charge on any atom is 0.231 e. The van der Waals surface area contributed by atoms with E-state index in [2.05, 4.69) is 51.7 Å². The van der Waals surface area contributed by atoms with E-state index in [4.69, 9.17) is 20.5 Å². The molecule has 1 aliphatic heterocycles. The first-order valence-corrected chi connectivity index (χ1v) is 11.9. The molecule has 2 heterocycles. The van der Waals surface area contributed by atoms with Crippen molar-refractivity contribution in [3.05, 3.63) is 95.9 Å². The number of guanidine groups is 1. The molecule has 0 amide bonds. The van der Waals surface area contributed by atoms with Crippen molar-refractivity contribution in [1.29, 1.82) is 5.41 Å². The first kappa shape index (κ1) is 25.9. The van der Waals surface area contributed by atoms with Crippen LogP contribution in [0.4, 0.5) is 0 Å². The minimum atomic E-state index is 0. The smallest absolute Gasteiger partial charge is 0.231 e. The number of nitrogens with two attached hydrogens (primary N) is 1. The van der Waals surface area contributed by atoms with Crippen molar-refractivity contribution in [3.63, 3.8) is 0 Å². The Morgan fingerprint density at radius 3 is 2.38 bits per heavy atom. The summed E-state index contributed by atoms with van der Waals surface area (Å²) in [5.74, 6) is 1.30. The Hall–Kier alpha value is -4.17. The molecule has 1 saturated heterocycles. The van der Waals surface area contributed by atoms with Crippen molar-refractivity contribution in [1.82, 2.24) is 15.0 Å². The van der Waals surface area contributed by atoms with Gasteiger partial charge in [-0.3, -0.25) is 5.41 Å². The van der Waals surface area contributed by atoms with E-state index in [1.54, 1.807) is 0 Å². The summed E-state index contributed by atoms with van der Waals surface area (Å²) in [4.78, 5) is 12.0. The number of nitrogens with one attached hydrogen (secondary N) is 1. The van der Waals surface area contributed by atoms with Gasteiger partial charge in [-0.2, -0.15) is 4.98 Å². The van der Waals surface area contributed by atoms with Gasteiger partial charge in [-0.25, -0.2) is 0 Å². The SMILES string of the molecule is CC(=NOCc1ccc(-c2ccccc2)cc1)c1ccc(-c2noc([C@@H]3CCN(C(=N)N)C3)n2)cc1.Cl. The summed E-state index contributed by atoms with van der Waals surface area (Å²) in [7, 11) is 0. The molecule has 4 aromatic rings. The minimum absolute atomic E-state index is 0. The van der Waals surface area contributed by atoms with E-state index >= 15 is 0 Å². The number of benzene rings is 3. The third-order valence-electron chi connectivity index (χ3n) is 6.37. The molecule has 5 rings (SSSR count). The first-order valence-electron chi connectivity index (χ1n) is 11.9. The van der Waals surface area contributed by atoms with E-state index < -0.39 is 0 Å². The molecule has 3 aromatic carbocycles. The van der Waals surface area contributed by atoms with E-state index in [9.17, 15) is 0 Å². The molecule has 1 atom stereocenters. The first-order chi connectivity index (χ1) is 17.6. The third kappa shape index (κ3) is 6.16. The van der Waals surface area contributed by atoms with Crippen LogP contribution in [-0.2, 0) is 11.4 Å². The molecule has 0 aliphatic carbocycles. The number of hydrogen-bond acceptors (Lipinski definition) is 6. The highest BCUT2D eigenvalue weighted by atomic mass is 35.5.